The Morgan fingerprint density at radius 2 is 1.70 bits per heavy atom. The molecule has 6 N–H and O–H groups in total. The van der Waals surface area contributed by atoms with E-state index in [1.807, 2.05) is 4.90 Å². The van der Waals surface area contributed by atoms with Crippen molar-refractivity contribution >= 4 is 47.1 Å². The van der Waals surface area contributed by atoms with Gasteiger partial charge in [-0.1, -0.05) is 6.07 Å². The smallest absolute Gasteiger partial charge is 0.409 e. The molecular weight excluding hydrogens is 798 g/mol. The first-order chi connectivity index (χ1) is 28.4. The van der Waals surface area contributed by atoms with Crippen LogP contribution in [0.3, 0.4) is 0 Å². The highest BCUT2D eigenvalue weighted by molar-refractivity contribution is 5.97. The van der Waals surface area contributed by atoms with E-state index in [1.165, 1.54) is 57.0 Å². The predicted octanol–water partition coefficient (Wildman–Crippen LogP) is 0.357. The minimum Gasteiger partial charge on any atom is -0.479 e. The second kappa shape index (κ2) is 16.6. The van der Waals surface area contributed by atoms with Gasteiger partial charge in [-0.3, -0.25) is 9.48 Å². The average molecular weight is 845 g/mol. The van der Waals surface area contributed by atoms with Crippen LogP contribution in [-0.4, -0.2) is 168 Å². The summed E-state index contributed by atoms with van der Waals surface area (Å²) in [5.74, 6) is -5.74. The van der Waals surface area contributed by atoms with Crippen LogP contribution >= 0.6 is 0 Å². The fourth-order valence-corrected chi connectivity index (χ4v) is 7.55. The van der Waals surface area contributed by atoms with Crippen LogP contribution in [0, 0.1) is 5.92 Å². The van der Waals surface area contributed by atoms with Gasteiger partial charge in [0.25, 0.3) is 5.92 Å². The summed E-state index contributed by atoms with van der Waals surface area (Å²) < 4.78 is 45.1. The molecule has 0 radical (unpaired) electrons. The number of fused-ring (bicyclic) bond motifs is 2. The van der Waals surface area contributed by atoms with Crippen molar-refractivity contribution in [3.05, 3.63) is 48.4 Å². The summed E-state index contributed by atoms with van der Waals surface area (Å²) in [6.07, 6.45) is -4.22. The molecule has 324 valence electrons. The van der Waals surface area contributed by atoms with Gasteiger partial charge in [0, 0.05) is 78.2 Å². The molecule has 4 aliphatic rings. The van der Waals surface area contributed by atoms with Crippen LogP contribution < -0.4 is 20.3 Å². The Labute approximate surface area is 341 Å². The Kier molecular flexibility index (Phi) is 11.7. The zero-order chi connectivity index (χ0) is 43.2. The lowest BCUT2D eigenvalue weighted by Crippen LogP contribution is -2.61. The lowest BCUT2D eigenvalue weighted by Gasteiger charge is -2.41. The van der Waals surface area contributed by atoms with Gasteiger partial charge < -0.3 is 60.0 Å². The third-order valence-corrected chi connectivity index (χ3v) is 11.1. The summed E-state index contributed by atoms with van der Waals surface area (Å²) in [7, 11) is 4.71. The van der Waals surface area contributed by atoms with Crippen LogP contribution in [0.5, 0.6) is 5.75 Å². The van der Waals surface area contributed by atoms with Gasteiger partial charge >= 0.3 is 18.1 Å². The summed E-state index contributed by atoms with van der Waals surface area (Å²) in [5, 5.41) is 43.7. The number of anilines is 4. The first-order valence-electron chi connectivity index (χ1n) is 19.1. The molecule has 3 aliphatic heterocycles. The van der Waals surface area contributed by atoms with Crippen molar-refractivity contribution in [1.29, 1.82) is 0 Å². The minimum atomic E-state index is -2.94. The lowest BCUT2D eigenvalue weighted by molar-refractivity contribution is -0.271. The molecule has 0 unspecified atom stereocenters. The van der Waals surface area contributed by atoms with Gasteiger partial charge in [-0.25, -0.2) is 33.0 Å². The molecule has 1 saturated carbocycles. The third-order valence-electron chi connectivity index (χ3n) is 11.1. The number of rotatable bonds is 12. The molecule has 3 aromatic rings. The number of benzene rings is 1. The molecule has 3 saturated heterocycles. The Morgan fingerprint density at radius 1 is 1.02 bits per heavy atom. The number of ether oxygens (including phenoxy) is 3. The molecule has 60 heavy (non-hydrogen) atoms. The van der Waals surface area contributed by atoms with Crippen molar-refractivity contribution in [1.82, 2.24) is 34.4 Å². The van der Waals surface area contributed by atoms with Crippen molar-refractivity contribution in [2.45, 2.75) is 74.6 Å². The van der Waals surface area contributed by atoms with E-state index >= 15 is 0 Å². The number of likely N-dealkylation sites (N-methyl/N-ethyl adjacent to an activating group) is 2. The molecule has 8 atom stereocenters. The molecule has 1 aromatic carbocycles. The SMILES string of the molecule is CN(CCN(C)C(=O)N(c1cnn(C)c1)c1nccc(N2C[C@H]3CC[C@@H](C2)N3C(=O)[C@@H]2CC2(F)F)n1)C(=O)OCc1ccc(O[C@@H]2O[C@H](C(=O)O)[C@@H](O)[C@H](O)[C@H]2O)c(N)c1. The number of nitrogen functional groups attached to an aromatic ring is 1. The number of alkyl halides is 2. The van der Waals surface area contributed by atoms with Crippen molar-refractivity contribution in [3.8, 4) is 5.75 Å². The highest BCUT2D eigenvalue weighted by Gasteiger charge is 2.64. The van der Waals surface area contributed by atoms with Gasteiger partial charge in [-0.05, 0) is 36.6 Å². The number of urea groups is 1. The monoisotopic (exact) mass is 844 g/mol. The van der Waals surface area contributed by atoms with Crippen LogP contribution in [0.4, 0.5) is 41.5 Å². The minimum absolute atomic E-state index is 0.0118. The number of carbonyl (C=O) groups is 4. The number of aliphatic hydroxyl groups is 3. The van der Waals surface area contributed by atoms with Crippen molar-refractivity contribution < 1.29 is 62.6 Å². The number of piperazine rings is 1. The number of carboxylic acids is 1. The molecule has 23 heteroatoms. The van der Waals surface area contributed by atoms with E-state index in [9.17, 15) is 48.4 Å². The number of aliphatic carboxylic acids is 1. The number of aromatic nitrogens is 4. The van der Waals surface area contributed by atoms with E-state index in [4.69, 9.17) is 24.9 Å². The maximum absolute atomic E-state index is 14.1. The number of aliphatic hydroxyl groups excluding tert-OH is 3. The van der Waals surface area contributed by atoms with E-state index in [0.717, 1.165) is 0 Å². The van der Waals surface area contributed by atoms with Crippen molar-refractivity contribution in [2.24, 2.45) is 13.0 Å². The number of aryl methyl sites for hydroxylation is 1. The van der Waals surface area contributed by atoms with Gasteiger partial charge in [0.15, 0.2) is 6.10 Å². The summed E-state index contributed by atoms with van der Waals surface area (Å²) in [4.78, 5) is 68.0. The van der Waals surface area contributed by atoms with Gasteiger partial charge in [0.1, 0.15) is 42.4 Å². The van der Waals surface area contributed by atoms with E-state index in [-0.39, 0.29) is 49.2 Å². The molecule has 0 spiro atoms. The zero-order valence-electron chi connectivity index (χ0n) is 32.8. The standard InChI is InChI=1S/C37H46F2N10O11/c1-44(10-11-45(2)36(57)58-18-19-4-7-25(24(40)12-19)59-33-29(52)27(50)28(51)30(60-33)32(54)55)35(56)49(22-14-42-46(3)15-22)34-41-9-8-26(43-34)47-16-20-5-6-21(17-47)48(20)31(53)23-13-37(23,38)39/h4,7-9,12,14-15,20-21,23,27-30,33,50-52H,5-6,10-11,13,16-18,40H2,1-3H3,(H,54,55)/t20-,21+,23-,27-,28-,29+,30-,33+/m0/s1. The van der Waals surface area contributed by atoms with E-state index in [0.29, 0.717) is 43.0 Å². The summed E-state index contributed by atoms with van der Waals surface area (Å²) in [6, 6.07) is 4.96. The van der Waals surface area contributed by atoms with Crippen LogP contribution in [-0.2, 0) is 32.7 Å². The van der Waals surface area contributed by atoms with Gasteiger partial charge in [-0.15, -0.1) is 0 Å². The zero-order valence-corrected chi connectivity index (χ0v) is 32.8. The van der Waals surface area contributed by atoms with Gasteiger partial charge in [0.2, 0.25) is 18.1 Å². The molecule has 7 rings (SSSR count). The lowest BCUT2D eigenvalue weighted by atomic mass is 9.99. The molecule has 5 heterocycles. The number of nitrogens with zero attached hydrogens (tertiary/aromatic N) is 9. The van der Waals surface area contributed by atoms with Crippen molar-refractivity contribution in [2.75, 3.05) is 55.8 Å². The largest absolute Gasteiger partial charge is 0.479 e. The Hall–Kier alpha value is -5.91. The molecule has 21 nitrogen and oxygen atoms in total. The second-order valence-electron chi connectivity index (χ2n) is 15.4. The van der Waals surface area contributed by atoms with Crippen LogP contribution in [0.15, 0.2) is 42.9 Å². The molecule has 4 amide bonds. The van der Waals surface area contributed by atoms with E-state index in [1.54, 1.807) is 31.3 Å². The Morgan fingerprint density at radius 3 is 2.32 bits per heavy atom. The summed E-state index contributed by atoms with van der Waals surface area (Å²) >= 11 is 0. The Balaban J connectivity index is 0.941. The van der Waals surface area contributed by atoms with Gasteiger partial charge in [-0.2, -0.15) is 10.1 Å². The normalized spacial score (nSPS) is 26.6. The summed E-state index contributed by atoms with van der Waals surface area (Å²) in [5.41, 5.74) is 6.91. The fraction of sp³-hybridized carbons (Fsp3) is 0.541. The number of hydrogen-bond acceptors (Lipinski definition) is 15. The number of hydrogen-bond donors (Lipinski definition) is 5. The summed E-state index contributed by atoms with van der Waals surface area (Å²) in [6.45, 7) is 0.676. The number of carboxylic acid groups (broad SMARTS) is 1. The molecule has 2 aromatic heterocycles. The van der Waals surface area contributed by atoms with E-state index < -0.39 is 73.0 Å². The van der Waals surface area contributed by atoms with Gasteiger partial charge in [0.05, 0.1) is 17.6 Å². The van der Waals surface area contributed by atoms with Crippen LogP contribution in [0.2, 0.25) is 0 Å². The second-order valence-corrected chi connectivity index (χ2v) is 15.4. The maximum atomic E-state index is 14.1. The number of halogens is 2. The highest BCUT2D eigenvalue weighted by atomic mass is 19.3. The quantitative estimate of drug-likeness (QED) is 0.154. The fourth-order valence-electron chi connectivity index (χ4n) is 7.55. The third kappa shape index (κ3) is 8.55. The molecule has 2 bridgehead atoms. The number of nitrogens with two attached hydrogens (primary N) is 1. The topological polar surface area (TPSA) is 263 Å². The predicted molar refractivity (Wildman–Crippen MR) is 203 cm³/mol. The average Bonchev–Trinajstić information content (AvgIpc) is 3.50. The van der Waals surface area contributed by atoms with Crippen molar-refractivity contribution in [3.63, 3.8) is 0 Å². The molecular formula is C37H46F2N10O11. The molecule has 1 aliphatic carbocycles. The first kappa shape index (κ1) is 42.2. The Bertz CT molecular complexity index is 2100. The van der Waals surface area contributed by atoms with E-state index in [2.05, 4.69) is 10.1 Å². The number of carbonyl (C=O) groups excluding carboxylic acids is 3. The highest BCUT2D eigenvalue weighted by Crippen LogP contribution is 2.51. The van der Waals surface area contributed by atoms with Crippen LogP contribution in [0.1, 0.15) is 24.8 Å². The first-order valence-corrected chi connectivity index (χ1v) is 19.1. The van der Waals surface area contributed by atoms with Crippen LogP contribution in [0.25, 0.3) is 0 Å². The number of amides is 4. The maximum Gasteiger partial charge on any atom is 0.409 e. The molecule has 4 fully saturated rings.